The number of amides is 2. The predicted octanol–water partition coefficient (Wildman–Crippen LogP) is 4.06. The summed E-state index contributed by atoms with van der Waals surface area (Å²) in [4.78, 5) is 26.7. The minimum Gasteiger partial charge on any atom is -0.497 e. The van der Waals surface area contributed by atoms with Crippen LogP contribution in [0.2, 0.25) is 0 Å². The van der Waals surface area contributed by atoms with Crippen molar-refractivity contribution in [1.29, 1.82) is 0 Å². The molecular formula is C19H14Br2N2O4S. The second-order valence-electron chi connectivity index (χ2n) is 5.67. The molecule has 2 aromatic carbocycles. The SMILES string of the molecule is COc1ccc(N2C(=O)/C(=C\c3cc(Br)c(OC)c(Br)c3)C(=O)NC2=S)cc1. The van der Waals surface area contributed by atoms with E-state index < -0.39 is 11.8 Å². The van der Waals surface area contributed by atoms with Crippen LogP contribution in [-0.2, 0) is 9.59 Å². The summed E-state index contributed by atoms with van der Waals surface area (Å²) in [5.74, 6) is 0.194. The maximum Gasteiger partial charge on any atom is 0.270 e. The molecule has 0 aliphatic carbocycles. The minimum atomic E-state index is -0.553. The number of anilines is 1. The van der Waals surface area contributed by atoms with Crippen LogP contribution in [0.5, 0.6) is 11.5 Å². The Morgan fingerprint density at radius 2 is 1.64 bits per heavy atom. The fraction of sp³-hybridized carbons (Fsp3) is 0.105. The summed E-state index contributed by atoms with van der Waals surface area (Å²) in [6.07, 6.45) is 1.50. The summed E-state index contributed by atoms with van der Waals surface area (Å²) < 4.78 is 11.8. The van der Waals surface area contributed by atoms with Crippen molar-refractivity contribution in [1.82, 2.24) is 5.32 Å². The number of hydrogen-bond acceptors (Lipinski definition) is 5. The van der Waals surface area contributed by atoms with Crippen LogP contribution in [0.25, 0.3) is 6.08 Å². The summed E-state index contributed by atoms with van der Waals surface area (Å²) in [5, 5.41) is 2.58. The minimum absolute atomic E-state index is 0.0226. The fourth-order valence-electron chi connectivity index (χ4n) is 2.65. The summed E-state index contributed by atoms with van der Waals surface area (Å²) >= 11 is 12.0. The van der Waals surface area contributed by atoms with Crippen molar-refractivity contribution < 1.29 is 19.1 Å². The predicted molar refractivity (Wildman–Crippen MR) is 118 cm³/mol. The lowest BCUT2D eigenvalue weighted by Crippen LogP contribution is -2.54. The van der Waals surface area contributed by atoms with Gasteiger partial charge in [-0.2, -0.15) is 0 Å². The number of rotatable bonds is 4. The number of benzene rings is 2. The molecule has 144 valence electrons. The molecule has 0 saturated carbocycles. The Balaban J connectivity index is 2.01. The molecule has 6 nitrogen and oxygen atoms in total. The van der Waals surface area contributed by atoms with Crippen LogP contribution in [0.4, 0.5) is 5.69 Å². The summed E-state index contributed by atoms with van der Waals surface area (Å²) in [6, 6.07) is 10.3. The maximum absolute atomic E-state index is 13.0. The van der Waals surface area contributed by atoms with Gasteiger partial charge in [-0.25, -0.2) is 0 Å². The zero-order valence-corrected chi connectivity index (χ0v) is 18.8. The second-order valence-corrected chi connectivity index (χ2v) is 7.77. The van der Waals surface area contributed by atoms with Gasteiger partial charge in [-0.05, 0) is 92.1 Å². The number of carbonyl (C=O) groups excluding carboxylic acids is 2. The number of nitrogens with one attached hydrogen (secondary N) is 1. The third-order valence-electron chi connectivity index (χ3n) is 3.97. The average Bonchev–Trinajstić information content (AvgIpc) is 2.65. The van der Waals surface area contributed by atoms with Crippen LogP contribution < -0.4 is 19.7 Å². The van der Waals surface area contributed by atoms with Crippen LogP contribution in [0.15, 0.2) is 50.9 Å². The van der Waals surface area contributed by atoms with Crippen molar-refractivity contribution in [2.24, 2.45) is 0 Å². The molecule has 3 rings (SSSR count). The molecule has 1 heterocycles. The summed E-state index contributed by atoms with van der Waals surface area (Å²) in [6.45, 7) is 0. The molecular weight excluding hydrogens is 512 g/mol. The van der Waals surface area contributed by atoms with Crippen LogP contribution in [-0.4, -0.2) is 31.1 Å². The third-order valence-corrected chi connectivity index (χ3v) is 5.43. The van der Waals surface area contributed by atoms with Gasteiger partial charge < -0.3 is 9.47 Å². The molecule has 1 N–H and O–H groups in total. The Morgan fingerprint density at radius 3 is 2.18 bits per heavy atom. The molecule has 2 aromatic rings. The van der Waals surface area contributed by atoms with E-state index in [0.717, 1.165) is 0 Å². The first kappa shape index (κ1) is 20.5. The summed E-state index contributed by atoms with van der Waals surface area (Å²) in [5.41, 5.74) is 1.13. The van der Waals surface area contributed by atoms with E-state index in [1.165, 1.54) is 11.0 Å². The highest BCUT2D eigenvalue weighted by molar-refractivity contribution is 9.11. The van der Waals surface area contributed by atoms with Gasteiger partial charge in [0.2, 0.25) is 0 Å². The standard InChI is InChI=1S/C19H14Br2N2O4S/c1-26-12-5-3-11(4-6-12)23-18(25)13(17(24)22-19(23)28)7-10-8-14(20)16(27-2)15(21)9-10/h3-9H,1-2H3,(H,22,24,28)/b13-7-. The van der Waals surface area contributed by atoms with Crippen molar-refractivity contribution in [3.8, 4) is 11.5 Å². The van der Waals surface area contributed by atoms with Gasteiger partial charge in [0.25, 0.3) is 11.8 Å². The quantitative estimate of drug-likeness (QED) is 0.370. The molecule has 0 aromatic heterocycles. The molecule has 1 saturated heterocycles. The molecule has 0 unspecified atom stereocenters. The van der Waals surface area contributed by atoms with Gasteiger partial charge in [-0.3, -0.25) is 19.8 Å². The van der Waals surface area contributed by atoms with Crippen molar-refractivity contribution in [2.75, 3.05) is 19.1 Å². The van der Waals surface area contributed by atoms with Crippen LogP contribution in [0.1, 0.15) is 5.56 Å². The Bertz CT molecular complexity index is 982. The summed E-state index contributed by atoms with van der Waals surface area (Å²) in [7, 11) is 3.10. The van der Waals surface area contributed by atoms with E-state index in [0.29, 0.717) is 31.7 Å². The first-order chi connectivity index (χ1) is 13.3. The molecule has 1 fully saturated rings. The van der Waals surface area contributed by atoms with Crippen molar-refractivity contribution in [3.05, 3.63) is 56.5 Å². The molecule has 28 heavy (non-hydrogen) atoms. The zero-order chi connectivity index (χ0) is 20.4. The smallest absolute Gasteiger partial charge is 0.270 e. The van der Waals surface area contributed by atoms with E-state index in [4.69, 9.17) is 21.7 Å². The third kappa shape index (κ3) is 3.96. The fourth-order valence-corrected chi connectivity index (χ4v) is 4.47. The van der Waals surface area contributed by atoms with E-state index in [9.17, 15) is 9.59 Å². The molecule has 1 aliphatic rings. The monoisotopic (exact) mass is 524 g/mol. The lowest BCUT2D eigenvalue weighted by molar-refractivity contribution is -0.122. The van der Waals surface area contributed by atoms with E-state index in [1.807, 2.05) is 0 Å². The number of carbonyl (C=O) groups is 2. The molecule has 0 atom stereocenters. The van der Waals surface area contributed by atoms with E-state index in [1.54, 1.807) is 50.6 Å². The van der Waals surface area contributed by atoms with Gasteiger partial charge in [0.05, 0.1) is 28.9 Å². The topological polar surface area (TPSA) is 67.9 Å². The Hall–Kier alpha value is -2.23. The Morgan fingerprint density at radius 1 is 1.04 bits per heavy atom. The molecule has 0 radical (unpaired) electrons. The lowest BCUT2D eigenvalue weighted by Gasteiger charge is -2.29. The number of methoxy groups -OCH3 is 2. The average molecular weight is 526 g/mol. The van der Waals surface area contributed by atoms with Crippen LogP contribution in [0.3, 0.4) is 0 Å². The van der Waals surface area contributed by atoms with E-state index in [2.05, 4.69) is 37.2 Å². The Kier molecular flexibility index (Phi) is 6.17. The highest BCUT2D eigenvalue weighted by atomic mass is 79.9. The number of halogens is 2. The molecule has 0 spiro atoms. The number of hydrogen-bond donors (Lipinski definition) is 1. The largest absolute Gasteiger partial charge is 0.497 e. The number of nitrogens with zero attached hydrogens (tertiary/aromatic N) is 1. The number of ether oxygens (including phenoxy) is 2. The Labute approximate surface area is 183 Å². The van der Waals surface area contributed by atoms with E-state index >= 15 is 0 Å². The van der Waals surface area contributed by atoms with Gasteiger partial charge in [0.1, 0.15) is 17.1 Å². The molecule has 9 heteroatoms. The molecule has 0 bridgehead atoms. The highest BCUT2D eigenvalue weighted by Gasteiger charge is 2.34. The van der Waals surface area contributed by atoms with Gasteiger partial charge in [0.15, 0.2) is 5.11 Å². The van der Waals surface area contributed by atoms with Gasteiger partial charge >= 0.3 is 0 Å². The molecule has 2 amide bonds. The van der Waals surface area contributed by atoms with Crippen molar-refractivity contribution in [3.63, 3.8) is 0 Å². The van der Waals surface area contributed by atoms with Crippen LogP contribution >= 0.6 is 44.1 Å². The molecule has 1 aliphatic heterocycles. The van der Waals surface area contributed by atoms with Crippen LogP contribution in [0, 0.1) is 0 Å². The first-order valence-corrected chi connectivity index (χ1v) is 9.93. The van der Waals surface area contributed by atoms with Gasteiger partial charge in [-0.1, -0.05) is 0 Å². The zero-order valence-electron chi connectivity index (χ0n) is 14.8. The van der Waals surface area contributed by atoms with Gasteiger partial charge in [0, 0.05) is 0 Å². The normalized spacial score (nSPS) is 15.6. The maximum atomic E-state index is 13.0. The first-order valence-electron chi connectivity index (χ1n) is 7.94. The number of thiocarbonyl (C=S) groups is 1. The van der Waals surface area contributed by atoms with Gasteiger partial charge in [-0.15, -0.1) is 0 Å². The van der Waals surface area contributed by atoms with Crippen molar-refractivity contribution in [2.45, 2.75) is 0 Å². The second kappa shape index (κ2) is 8.42. The van der Waals surface area contributed by atoms with E-state index in [-0.39, 0.29) is 10.7 Å². The highest BCUT2D eigenvalue weighted by Crippen LogP contribution is 2.35. The van der Waals surface area contributed by atoms with Crippen molar-refractivity contribution >= 4 is 72.8 Å². The lowest BCUT2D eigenvalue weighted by atomic mass is 10.1.